The minimum atomic E-state index is -3.40. The van der Waals surface area contributed by atoms with E-state index in [1.54, 1.807) is 24.3 Å². The van der Waals surface area contributed by atoms with E-state index in [0.717, 1.165) is 4.47 Å². The highest BCUT2D eigenvalue weighted by Crippen LogP contribution is 2.14. The van der Waals surface area contributed by atoms with Crippen molar-refractivity contribution in [3.8, 4) is 0 Å². The van der Waals surface area contributed by atoms with Crippen LogP contribution in [0.5, 0.6) is 0 Å². The van der Waals surface area contributed by atoms with Gasteiger partial charge in [-0.2, -0.15) is 0 Å². The van der Waals surface area contributed by atoms with Crippen molar-refractivity contribution < 1.29 is 8.42 Å². The van der Waals surface area contributed by atoms with Crippen LogP contribution in [0.1, 0.15) is 13.8 Å². The van der Waals surface area contributed by atoms with E-state index in [1.807, 2.05) is 7.05 Å². The lowest BCUT2D eigenvalue weighted by Gasteiger charge is -2.20. The number of sulfonamides is 1. The van der Waals surface area contributed by atoms with Gasteiger partial charge in [0.1, 0.15) is 0 Å². The van der Waals surface area contributed by atoms with Crippen LogP contribution >= 0.6 is 15.9 Å². The van der Waals surface area contributed by atoms with Crippen LogP contribution in [-0.2, 0) is 10.0 Å². The minimum Gasteiger partial charge on any atom is -0.303 e. The Morgan fingerprint density at radius 1 is 1.28 bits per heavy atom. The zero-order valence-corrected chi connectivity index (χ0v) is 13.3. The molecule has 1 rings (SSSR count). The number of likely N-dealkylation sites (N-methyl/N-ethyl adjacent to an activating group) is 1. The molecule has 18 heavy (non-hydrogen) atoms. The largest absolute Gasteiger partial charge is 0.303 e. The molecule has 1 aromatic rings. The molecule has 1 aromatic carbocycles. The van der Waals surface area contributed by atoms with Crippen LogP contribution in [0, 0.1) is 0 Å². The Morgan fingerprint density at radius 2 is 1.83 bits per heavy atom. The molecule has 0 spiro atoms. The van der Waals surface area contributed by atoms with Gasteiger partial charge in [-0.1, -0.05) is 15.9 Å². The SMILES string of the molecule is CC(C)N(C)CCNS(=O)(=O)c1ccc(Br)cc1. The molecule has 4 nitrogen and oxygen atoms in total. The van der Waals surface area contributed by atoms with E-state index in [0.29, 0.717) is 19.1 Å². The van der Waals surface area contributed by atoms with Gasteiger partial charge in [0.05, 0.1) is 4.90 Å². The van der Waals surface area contributed by atoms with Crippen molar-refractivity contribution in [3.63, 3.8) is 0 Å². The smallest absolute Gasteiger partial charge is 0.240 e. The Kier molecular flexibility index (Phi) is 5.78. The molecule has 0 saturated carbocycles. The van der Waals surface area contributed by atoms with Gasteiger partial charge in [0, 0.05) is 23.6 Å². The van der Waals surface area contributed by atoms with Crippen LogP contribution in [-0.4, -0.2) is 39.5 Å². The first-order valence-corrected chi connectivity index (χ1v) is 8.06. The second-order valence-electron chi connectivity index (χ2n) is 4.43. The van der Waals surface area contributed by atoms with Gasteiger partial charge in [-0.05, 0) is 45.2 Å². The second-order valence-corrected chi connectivity index (χ2v) is 7.11. The molecule has 6 heteroatoms. The standard InChI is InChI=1S/C12H19BrN2O2S/c1-10(2)15(3)9-8-14-18(16,17)12-6-4-11(13)5-7-12/h4-7,10,14H,8-9H2,1-3H3. The van der Waals surface area contributed by atoms with E-state index >= 15 is 0 Å². The summed E-state index contributed by atoms with van der Waals surface area (Å²) in [7, 11) is -1.43. The first-order chi connectivity index (χ1) is 8.33. The zero-order valence-electron chi connectivity index (χ0n) is 10.9. The van der Waals surface area contributed by atoms with E-state index in [1.165, 1.54) is 0 Å². The molecule has 0 heterocycles. The Bertz CT molecular complexity index is 471. The summed E-state index contributed by atoms with van der Waals surface area (Å²) in [6.07, 6.45) is 0. The van der Waals surface area contributed by atoms with Crippen LogP contribution in [0.2, 0.25) is 0 Å². The summed E-state index contributed by atoms with van der Waals surface area (Å²) in [5.41, 5.74) is 0. The van der Waals surface area contributed by atoms with Crippen molar-refractivity contribution >= 4 is 26.0 Å². The van der Waals surface area contributed by atoms with Gasteiger partial charge in [0.2, 0.25) is 10.0 Å². The Hall–Kier alpha value is -0.430. The lowest BCUT2D eigenvalue weighted by Crippen LogP contribution is -2.36. The van der Waals surface area contributed by atoms with Crippen molar-refractivity contribution in [3.05, 3.63) is 28.7 Å². The number of benzene rings is 1. The van der Waals surface area contributed by atoms with Crippen molar-refractivity contribution in [2.45, 2.75) is 24.8 Å². The maximum Gasteiger partial charge on any atom is 0.240 e. The first-order valence-electron chi connectivity index (χ1n) is 5.78. The molecule has 0 unspecified atom stereocenters. The van der Waals surface area contributed by atoms with Crippen LogP contribution < -0.4 is 4.72 Å². The van der Waals surface area contributed by atoms with Gasteiger partial charge < -0.3 is 4.90 Å². The maximum atomic E-state index is 11.9. The van der Waals surface area contributed by atoms with Gasteiger partial charge in [0.25, 0.3) is 0 Å². The van der Waals surface area contributed by atoms with Crippen molar-refractivity contribution in [1.29, 1.82) is 0 Å². The fourth-order valence-corrected chi connectivity index (χ4v) is 2.60. The lowest BCUT2D eigenvalue weighted by molar-refractivity contribution is 0.278. The molecule has 0 aliphatic rings. The van der Waals surface area contributed by atoms with Crippen molar-refractivity contribution in [2.75, 3.05) is 20.1 Å². The van der Waals surface area contributed by atoms with Gasteiger partial charge >= 0.3 is 0 Å². The third kappa shape index (κ3) is 4.68. The zero-order chi connectivity index (χ0) is 13.8. The molecule has 0 radical (unpaired) electrons. The quantitative estimate of drug-likeness (QED) is 0.866. The molecule has 0 atom stereocenters. The summed E-state index contributed by atoms with van der Waals surface area (Å²) < 4.78 is 27.4. The summed E-state index contributed by atoms with van der Waals surface area (Å²) in [5, 5.41) is 0. The van der Waals surface area contributed by atoms with Crippen LogP contribution in [0.3, 0.4) is 0 Å². The third-order valence-corrected chi connectivity index (χ3v) is 4.77. The minimum absolute atomic E-state index is 0.290. The molecule has 1 N–H and O–H groups in total. The Balaban J connectivity index is 2.58. The number of halogens is 1. The van der Waals surface area contributed by atoms with E-state index in [9.17, 15) is 8.42 Å². The monoisotopic (exact) mass is 334 g/mol. The predicted octanol–water partition coefficient (Wildman–Crippen LogP) is 2.07. The van der Waals surface area contributed by atoms with Gasteiger partial charge in [-0.3, -0.25) is 0 Å². The summed E-state index contributed by atoms with van der Waals surface area (Å²) in [4.78, 5) is 2.38. The predicted molar refractivity (Wildman–Crippen MR) is 77.1 cm³/mol. The molecule has 0 saturated heterocycles. The Labute approximate surface area is 118 Å². The summed E-state index contributed by atoms with van der Waals surface area (Å²) in [6, 6.07) is 7.00. The highest BCUT2D eigenvalue weighted by atomic mass is 79.9. The van der Waals surface area contributed by atoms with E-state index in [-0.39, 0.29) is 4.90 Å². The number of nitrogens with one attached hydrogen (secondary N) is 1. The molecule has 0 aliphatic carbocycles. The van der Waals surface area contributed by atoms with Crippen LogP contribution in [0.25, 0.3) is 0 Å². The number of hydrogen-bond donors (Lipinski definition) is 1. The summed E-state index contributed by atoms with van der Waals surface area (Å²) in [5.74, 6) is 0. The van der Waals surface area contributed by atoms with Gasteiger partial charge in [-0.25, -0.2) is 13.1 Å². The molecular formula is C12H19BrN2O2S. The third-order valence-electron chi connectivity index (χ3n) is 2.76. The normalized spacial score (nSPS) is 12.3. The van der Waals surface area contributed by atoms with E-state index in [4.69, 9.17) is 0 Å². The first kappa shape index (κ1) is 15.6. The molecule has 0 aromatic heterocycles. The summed E-state index contributed by atoms with van der Waals surface area (Å²) in [6.45, 7) is 5.24. The summed E-state index contributed by atoms with van der Waals surface area (Å²) >= 11 is 3.28. The molecule has 0 bridgehead atoms. The molecular weight excluding hydrogens is 316 g/mol. The van der Waals surface area contributed by atoms with Crippen molar-refractivity contribution in [2.24, 2.45) is 0 Å². The van der Waals surface area contributed by atoms with E-state index < -0.39 is 10.0 Å². The van der Waals surface area contributed by atoms with Gasteiger partial charge in [0.15, 0.2) is 0 Å². The fraction of sp³-hybridized carbons (Fsp3) is 0.500. The van der Waals surface area contributed by atoms with Crippen molar-refractivity contribution in [1.82, 2.24) is 9.62 Å². The van der Waals surface area contributed by atoms with Crippen LogP contribution in [0.4, 0.5) is 0 Å². The van der Waals surface area contributed by atoms with Gasteiger partial charge in [-0.15, -0.1) is 0 Å². The Morgan fingerprint density at radius 3 is 2.33 bits per heavy atom. The molecule has 0 aliphatic heterocycles. The highest BCUT2D eigenvalue weighted by Gasteiger charge is 2.13. The number of rotatable bonds is 6. The average Bonchev–Trinajstić information content (AvgIpc) is 2.29. The number of hydrogen-bond acceptors (Lipinski definition) is 3. The maximum absolute atomic E-state index is 11.9. The number of nitrogens with zero attached hydrogens (tertiary/aromatic N) is 1. The van der Waals surface area contributed by atoms with Crippen LogP contribution in [0.15, 0.2) is 33.6 Å². The molecule has 0 fully saturated rings. The average molecular weight is 335 g/mol. The topological polar surface area (TPSA) is 49.4 Å². The fourth-order valence-electron chi connectivity index (χ4n) is 1.31. The highest BCUT2D eigenvalue weighted by molar-refractivity contribution is 9.10. The molecule has 0 amide bonds. The lowest BCUT2D eigenvalue weighted by atomic mass is 10.3. The molecule has 102 valence electrons. The second kappa shape index (κ2) is 6.65. The van der Waals surface area contributed by atoms with E-state index in [2.05, 4.69) is 39.4 Å².